The van der Waals surface area contributed by atoms with Gasteiger partial charge in [-0.1, -0.05) is 11.6 Å². The zero-order valence-corrected chi connectivity index (χ0v) is 12.4. The van der Waals surface area contributed by atoms with Crippen molar-refractivity contribution in [3.8, 4) is 5.75 Å². The first-order chi connectivity index (χ1) is 10.3. The highest BCUT2D eigenvalue weighted by molar-refractivity contribution is 7.13. The number of halogens is 4. The van der Waals surface area contributed by atoms with Gasteiger partial charge in [0.2, 0.25) is 0 Å². The molecule has 0 radical (unpaired) electrons. The normalized spacial score (nSPS) is 11.6. The van der Waals surface area contributed by atoms with E-state index in [0.29, 0.717) is 15.6 Å². The van der Waals surface area contributed by atoms with Crippen molar-refractivity contribution < 1.29 is 22.7 Å². The summed E-state index contributed by atoms with van der Waals surface area (Å²) >= 11 is 7.06. The van der Waals surface area contributed by atoms with E-state index in [-0.39, 0.29) is 11.5 Å². The Labute approximate surface area is 133 Å². The number of anilines is 1. The topological polar surface area (TPSA) is 38.3 Å². The van der Waals surface area contributed by atoms with Gasteiger partial charge < -0.3 is 10.1 Å². The molecule has 0 fully saturated rings. The number of allylic oxidation sites excluding steroid dienone is 1. The Morgan fingerprint density at radius 1 is 1.23 bits per heavy atom. The lowest BCUT2D eigenvalue weighted by molar-refractivity contribution is -0.274. The van der Waals surface area contributed by atoms with E-state index in [9.17, 15) is 18.0 Å². The Balaban J connectivity index is 1.93. The highest BCUT2D eigenvalue weighted by Gasteiger charge is 2.30. The van der Waals surface area contributed by atoms with Gasteiger partial charge in [-0.15, -0.1) is 24.5 Å². The van der Waals surface area contributed by atoms with Crippen molar-refractivity contribution in [2.24, 2.45) is 0 Å². The van der Waals surface area contributed by atoms with E-state index in [4.69, 9.17) is 11.6 Å². The third-order valence-electron chi connectivity index (χ3n) is 2.41. The second kappa shape index (κ2) is 6.85. The van der Waals surface area contributed by atoms with Gasteiger partial charge >= 0.3 is 6.36 Å². The summed E-state index contributed by atoms with van der Waals surface area (Å²) < 4.78 is 39.8. The van der Waals surface area contributed by atoms with Crippen molar-refractivity contribution in [3.05, 3.63) is 57.9 Å². The molecule has 2 aromatic rings. The number of carbonyl (C=O) groups excluding carboxylic acids is 1. The molecule has 2 rings (SSSR count). The Morgan fingerprint density at radius 3 is 2.45 bits per heavy atom. The monoisotopic (exact) mass is 347 g/mol. The molecule has 8 heteroatoms. The summed E-state index contributed by atoms with van der Waals surface area (Å²) in [4.78, 5) is 12.2. The largest absolute Gasteiger partial charge is 0.573 e. The number of benzene rings is 1. The molecule has 22 heavy (non-hydrogen) atoms. The highest BCUT2D eigenvalue weighted by Crippen LogP contribution is 2.24. The number of rotatable bonds is 5. The number of nitrogens with one attached hydrogen (secondary N) is 1. The van der Waals surface area contributed by atoms with E-state index in [0.717, 1.165) is 0 Å². The van der Waals surface area contributed by atoms with Crippen LogP contribution in [0.2, 0.25) is 5.02 Å². The quantitative estimate of drug-likeness (QED) is 0.603. The average molecular weight is 348 g/mol. The number of thiophene rings is 1. The van der Waals surface area contributed by atoms with Gasteiger partial charge in [-0.2, -0.15) is 0 Å². The minimum absolute atomic E-state index is 0.260. The lowest BCUT2D eigenvalue weighted by Crippen LogP contribution is -2.16. The summed E-state index contributed by atoms with van der Waals surface area (Å²) in [6.07, 6.45) is -2.04. The maximum Gasteiger partial charge on any atom is 0.573 e. The first kappa shape index (κ1) is 16.4. The Morgan fingerprint density at radius 2 is 1.91 bits per heavy atom. The minimum atomic E-state index is -4.72. The van der Waals surface area contributed by atoms with E-state index in [1.807, 2.05) is 0 Å². The van der Waals surface area contributed by atoms with Crippen molar-refractivity contribution >= 4 is 34.4 Å². The molecule has 0 saturated carbocycles. The number of ketones is 1. The second-order valence-electron chi connectivity index (χ2n) is 4.01. The summed E-state index contributed by atoms with van der Waals surface area (Å²) in [6, 6.07) is 6.76. The van der Waals surface area contributed by atoms with Crippen LogP contribution in [0.3, 0.4) is 0 Å². The average Bonchev–Trinajstić information content (AvgIpc) is 2.85. The van der Waals surface area contributed by atoms with Crippen molar-refractivity contribution in [1.29, 1.82) is 0 Å². The molecule has 0 saturated heterocycles. The van der Waals surface area contributed by atoms with Crippen LogP contribution in [0, 0.1) is 0 Å². The minimum Gasteiger partial charge on any atom is -0.406 e. The first-order valence-electron chi connectivity index (χ1n) is 5.91. The van der Waals surface area contributed by atoms with Crippen LogP contribution in [0.4, 0.5) is 18.9 Å². The van der Waals surface area contributed by atoms with Crippen molar-refractivity contribution in [2.45, 2.75) is 6.36 Å². The second-order valence-corrected chi connectivity index (χ2v) is 5.34. The van der Waals surface area contributed by atoms with Gasteiger partial charge in [0.1, 0.15) is 5.75 Å². The molecule has 0 amide bonds. The molecule has 1 aromatic heterocycles. The Kier molecular flexibility index (Phi) is 5.10. The fourth-order valence-corrected chi connectivity index (χ4v) is 2.58. The van der Waals surface area contributed by atoms with Crippen LogP contribution < -0.4 is 10.1 Å². The van der Waals surface area contributed by atoms with Crippen LogP contribution in [-0.2, 0) is 0 Å². The molecule has 0 bridgehead atoms. The lowest BCUT2D eigenvalue weighted by Gasteiger charge is -2.09. The third-order valence-corrected chi connectivity index (χ3v) is 3.77. The first-order valence-corrected chi connectivity index (χ1v) is 7.17. The molecular formula is C14H9ClF3NO2S. The molecule has 3 nitrogen and oxygen atoms in total. The SMILES string of the molecule is O=C(C=CNc1ccc(OC(F)(F)F)cc1)c1sccc1Cl. The molecule has 0 aliphatic heterocycles. The van der Waals surface area contributed by atoms with Gasteiger partial charge in [0.25, 0.3) is 0 Å². The van der Waals surface area contributed by atoms with E-state index >= 15 is 0 Å². The summed E-state index contributed by atoms with van der Waals surface area (Å²) in [5.74, 6) is -0.576. The highest BCUT2D eigenvalue weighted by atomic mass is 35.5. The predicted molar refractivity (Wildman–Crippen MR) is 79.5 cm³/mol. The third kappa shape index (κ3) is 4.78. The van der Waals surface area contributed by atoms with Gasteiger partial charge in [0.05, 0.1) is 9.90 Å². The fraction of sp³-hybridized carbons (Fsp3) is 0.0714. The van der Waals surface area contributed by atoms with Gasteiger partial charge in [0.15, 0.2) is 5.78 Å². The van der Waals surface area contributed by atoms with Crippen molar-refractivity contribution in [3.63, 3.8) is 0 Å². The van der Waals surface area contributed by atoms with Crippen molar-refractivity contribution in [2.75, 3.05) is 5.32 Å². The lowest BCUT2D eigenvalue weighted by atomic mass is 10.3. The van der Waals surface area contributed by atoms with Gasteiger partial charge in [-0.3, -0.25) is 4.79 Å². The molecule has 1 heterocycles. The molecule has 116 valence electrons. The smallest absolute Gasteiger partial charge is 0.406 e. The zero-order valence-electron chi connectivity index (χ0n) is 10.9. The number of carbonyl (C=O) groups is 1. The molecular weight excluding hydrogens is 339 g/mol. The number of hydrogen-bond acceptors (Lipinski definition) is 4. The summed E-state index contributed by atoms with van der Waals surface area (Å²) in [5, 5.41) is 4.86. The summed E-state index contributed by atoms with van der Waals surface area (Å²) in [6.45, 7) is 0. The molecule has 0 aliphatic rings. The molecule has 0 aliphatic carbocycles. The summed E-state index contributed by atoms with van der Waals surface area (Å²) in [7, 11) is 0. The van der Waals surface area contributed by atoms with Gasteiger partial charge in [0, 0.05) is 18.0 Å². The standard InChI is InChI=1S/C14H9ClF3NO2S/c15-11-6-8-22-13(11)12(20)5-7-19-9-1-3-10(4-2-9)21-14(16,17)18/h1-8,19H. The van der Waals surface area contributed by atoms with E-state index in [2.05, 4.69) is 10.1 Å². The maximum atomic E-state index is 12.0. The van der Waals surface area contributed by atoms with Crippen LogP contribution in [0.25, 0.3) is 0 Å². The fourth-order valence-electron chi connectivity index (χ4n) is 1.51. The van der Waals surface area contributed by atoms with Crippen LogP contribution in [0.1, 0.15) is 9.67 Å². The molecule has 0 spiro atoms. The van der Waals surface area contributed by atoms with Crippen LogP contribution >= 0.6 is 22.9 Å². The number of hydrogen-bond donors (Lipinski definition) is 1. The van der Waals surface area contributed by atoms with Crippen LogP contribution in [0.5, 0.6) is 5.75 Å². The number of alkyl halides is 3. The molecule has 0 unspecified atom stereocenters. The number of ether oxygens (including phenoxy) is 1. The Bertz CT molecular complexity index is 680. The summed E-state index contributed by atoms with van der Waals surface area (Å²) in [5.41, 5.74) is 0.510. The predicted octanol–water partition coefficient (Wildman–Crippen LogP) is 5.11. The van der Waals surface area contributed by atoms with Crippen LogP contribution in [-0.4, -0.2) is 12.1 Å². The maximum absolute atomic E-state index is 12.0. The van der Waals surface area contributed by atoms with Gasteiger partial charge in [-0.25, -0.2) is 0 Å². The Hall–Kier alpha value is -1.99. The van der Waals surface area contributed by atoms with Gasteiger partial charge in [-0.05, 0) is 35.7 Å². The molecule has 0 atom stereocenters. The molecule has 1 aromatic carbocycles. The molecule has 1 N–H and O–H groups in total. The van der Waals surface area contributed by atoms with Crippen LogP contribution in [0.15, 0.2) is 48.0 Å². The van der Waals surface area contributed by atoms with Crippen molar-refractivity contribution in [1.82, 2.24) is 0 Å². The zero-order chi connectivity index (χ0) is 16.2. The van der Waals surface area contributed by atoms with E-state index < -0.39 is 6.36 Å². The van der Waals surface area contributed by atoms with E-state index in [1.165, 1.54) is 47.9 Å². The van der Waals surface area contributed by atoms with E-state index in [1.54, 1.807) is 11.4 Å².